The van der Waals surface area contributed by atoms with Gasteiger partial charge in [-0.2, -0.15) is 4.68 Å². The van der Waals surface area contributed by atoms with Crippen molar-refractivity contribution in [2.75, 3.05) is 12.4 Å². The minimum atomic E-state index is -0.448. The molecule has 2 heterocycles. The Kier molecular flexibility index (Phi) is 5.72. The predicted molar refractivity (Wildman–Crippen MR) is 109 cm³/mol. The van der Waals surface area contributed by atoms with Crippen molar-refractivity contribution in [3.63, 3.8) is 0 Å². The van der Waals surface area contributed by atoms with Crippen LogP contribution in [0.1, 0.15) is 10.4 Å². The third-order valence-corrected chi connectivity index (χ3v) is 4.44. The summed E-state index contributed by atoms with van der Waals surface area (Å²) >= 11 is 6.30. The molecule has 4 aromatic rings. The van der Waals surface area contributed by atoms with Crippen LogP contribution in [0.3, 0.4) is 0 Å². The van der Waals surface area contributed by atoms with Crippen LogP contribution >= 0.6 is 11.6 Å². The van der Waals surface area contributed by atoms with E-state index in [1.54, 1.807) is 18.2 Å². The van der Waals surface area contributed by atoms with Gasteiger partial charge in [0, 0.05) is 12.1 Å². The fourth-order valence-corrected chi connectivity index (χ4v) is 2.92. The number of aromatic nitrogens is 5. The van der Waals surface area contributed by atoms with Gasteiger partial charge in [-0.05, 0) is 46.8 Å². The van der Waals surface area contributed by atoms with Gasteiger partial charge in [0.15, 0.2) is 0 Å². The summed E-state index contributed by atoms with van der Waals surface area (Å²) in [5, 5.41) is 13.9. The highest BCUT2D eigenvalue weighted by Crippen LogP contribution is 2.30. The van der Waals surface area contributed by atoms with E-state index in [4.69, 9.17) is 21.1 Å². The van der Waals surface area contributed by atoms with Crippen molar-refractivity contribution < 1.29 is 18.7 Å². The molecule has 0 saturated carbocycles. The van der Waals surface area contributed by atoms with E-state index in [1.165, 1.54) is 54.6 Å². The Bertz CT molecular complexity index is 1200. The number of nitrogens with one attached hydrogen (secondary N) is 1. The number of carbonyl (C=O) groups is 1. The summed E-state index contributed by atoms with van der Waals surface area (Å²) in [5.74, 6) is 0.205. The smallest absolute Gasteiger partial charge is 0.259 e. The molecule has 0 unspecified atom stereocenters. The van der Waals surface area contributed by atoms with Crippen LogP contribution in [0.4, 0.5) is 10.1 Å². The minimum Gasteiger partial charge on any atom is -0.496 e. The molecule has 9 nitrogen and oxygen atoms in total. The Morgan fingerprint density at radius 1 is 1.16 bits per heavy atom. The third kappa shape index (κ3) is 4.59. The number of pyridine rings is 1. The lowest BCUT2D eigenvalue weighted by atomic mass is 10.1. The molecule has 2 aromatic heterocycles. The summed E-state index contributed by atoms with van der Waals surface area (Å²) in [6.07, 6.45) is 2.81. The summed E-state index contributed by atoms with van der Waals surface area (Å²) in [6, 6.07) is 11.8. The van der Waals surface area contributed by atoms with Gasteiger partial charge in [-0.3, -0.25) is 4.79 Å². The molecule has 4 rings (SSSR count). The Morgan fingerprint density at radius 2 is 1.97 bits per heavy atom. The van der Waals surface area contributed by atoms with Crippen LogP contribution in [-0.4, -0.2) is 38.2 Å². The Labute approximate surface area is 180 Å². The molecule has 0 bridgehead atoms. The zero-order valence-corrected chi connectivity index (χ0v) is 16.7. The number of hydrogen-bond donors (Lipinski definition) is 1. The number of amides is 1. The monoisotopic (exact) mass is 440 g/mol. The standard InChI is InChI=1S/C20H14ClFN6O3/c1-30-18-9-17(28-11-24-26-27-28)16(21)8-15(18)20(29)25-13-4-7-19(23-10-13)31-14-5-2-12(22)3-6-14/h2-11H,1H3,(H,25,29). The number of tetrazole rings is 1. The maximum absolute atomic E-state index is 13.0. The molecule has 0 aliphatic heterocycles. The molecule has 11 heteroatoms. The number of halogens is 2. The number of nitrogens with zero attached hydrogens (tertiary/aromatic N) is 5. The molecular weight excluding hydrogens is 427 g/mol. The molecular formula is C20H14ClFN6O3. The number of ether oxygens (including phenoxy) is 2. The molecule has 0 aliphatic carbocycles. The van der Waals surface area contributed by atoms with Gasteiger partial charge >= 0.3 is 0 Å². The van der Waals surface area contributed by atoms with E-state index in [9.17, 15) is 9.18 Å². The van der Waals surface area contributed by atoms with E-state index in [-0.39, 0.29) is 28.0 Å². The highest BCUT2D eigenvalue weighted by atomic mass is 35.5. The zero-order chi connectivity index (χ0) is 21.8. The fraction of sp³-hybridized carbons (Fsp3) is 0.0500. The molecule has 0 spiro atoms. The second kappa shape index (κ2) is 8.76. The SMILES string of the molecule is COc1cc(-n2cnnn2)c(Cl)cc1C(=O)Nc1ccc(Oc2ccc(F)cc2)nc1. The lowest BCUT2D eigenvalue weighted by molar-refractivity contribution is 0.102. The van der Waals surface area contributed by atoms with E-state index >= 15 is 0 Å². The van der Waals surface area contributed by atoms with E-state index in [2.05, 4.69) is 25.8 Å². The molecule has 31 heavy (non-hydrogen) atoms. The Morgan fingerprint density at radius 3 is 2.61 bits per heavy atom. The first kappa shape index (κ1) is 20.2. The Balaban J connectivity index is 1.50. The zero-order valence-electron chi connectivity index (χ0n) is 16.0. The van der Waals surface area contributed by atoms with E-state index in [0.29, 0.717) is 17.1 Å². The van der Waals surface area contributed by atoms with Crippen LogP contribution in [0.15, 0.2) is 61.1 Å². The van der Waals surface area contributed by atoms with Gasteiger partial charge in [0.1, 0.15) is 23.6 Å². The lowest BCUT2D eigenvalue weighted by Crippen LogP contribution is -2.14. The van der Waals surface area contributed by atoms with Crippen molar-refractivity contribution in [3.05, 3.63) is 77.5 Å². The van der Waals surface area contributed by atoms with Gasteiger partial charge < -0.3 is 14.8 Å². The molecule has 1 amide bonds. The summed E-state index contributed by atoms with van der Waals surface area (Å²) in [5.41, 5.74) is 1.11. The van der Waals surface area contributed by atoms with Crippen molar-refractivity contribution in [1.82, 2.24) is 25.2 Å². The largest absolute Gasteiger partial charge is 0.496 e. The maximum atomic E-state index is 13.0. The van der Waals surface area contributed by atoms with Crippen LogP contribution in [0, 0.1) is 5.82 Å². The normalized spacial score (nSPS) is 10.5. The van der Waals surface area contributed by atoms with Crippen LogP contribution in [0.2, 0.25) is 5.02 Å². The topological polar surface area (TPSA) is 104 Å². The number of anilines is 1. The second-order valence-corrected chi connectivity index (χ2v) is 6.56. The predicted octanol–water partition coefficient (Wildman–Crippen LogP) is 3.90. The highest BCUT2D eigenvalue weighted by Gasteiger charge is 2.18. The van der Waals surface area contributed by atoms with E-state index in [1.807, 2.05) is 0 Å². The summed E-state index contributed by atoms with van der Waals surface area (Å²) < 4.78 is 25.2. The van der Waals surface area contributed by atoms with Crippen molar-refractivity contribution in [3.8, 4) is 23.1 Å². The number of hydrogen-bond acceptors (Lipinski definition) is 7. The first-order valence-electron chi connectivity index (χ1n) is 8.85. The van der Waals surface area contributed by atoms with Crippen molar-refractivity contribution in [2.24, 2.45) is 0 Å². The Hall–Kier alpha value is -4.05. The summed E-state index contributed by atoms with van der Waals surface area (Å²) in [7, 11) is 1.44. The first-order valence-corrected chi connectivity index (χ1v) is 9.23. The van der Waals surface area contributed by atoms with Gasteiger partial charge in [-0.25, -0.2) is 9.37 Å². The highest BCUT2D eigenvalue weighted by molar-refractivity contribution is 6.33. The molecule has 0 radical (unpaired) electrons. The average Bonchev–Trinajstić information content (AvgIpc) is 3.31. The fourth-order valence-electron chi connectivity index (χ4n) is 2.67. The minimum absolute atomic E-state index is 0.218. The average molecular weight is 441 g/mol. The maximum Gasteiger partial charge on any atom is 0.259 e. The number of carbonyl (C=O) groups excluding carboxylic acids is 1. The van der Waals surface area contributed by atoms with Crippen molar-refractivity contribution in [1.29, 1.82) is 0 Å². The van der Waals surface area contributed by atoms with Crippen LogP contribution < -0.4 is 14.8 Å². The van der Waals surface area contributed by atoms with Crippen LogP contribution in [-0.2, 0) is 0 Å². The first-order chi connectivity index (χ1) is 15.0. The van der Waals surface area contributed by atoms with Gasteiger partial charge in [-0.1, -0.05) is 11.6 Å². The second-order valence-electron chi connectivity index (χ2n) is 6.15. The van der Waals surface area contributed by atoms with E-state index in [0.717, 1.165) is 0 Å². The quantitative estimate of drug-likeness (QED) is 0.484. The van der Waals surface area contributed by atoms with Crippen LogP contribution in [0.25, 0.3) is 5.69 Å². The number of benzene rings is 2. The van der Waals surface area contributed by atoms with Gasteiger partial charge in [-0.15, -0.1) is 5.10 Å². The molecule has 0 saturated heterocycles. The molecule has 0 aliphatic rings. The van der Waals surface area contributed by atoms with E-state index < -0.39 is 5.91 Å². The van der Waals surface area contributed by atoms with Gasteiger partial charge in [0.2, 0.25) is 5.88 Å². The summed E-state index contributed by atoms with van der Waals surface area (Å²) in [4.78, 5) is 16.9. The molecule has 156 valence electrons. The van der Waals surface area contributed by atoms with Crippen LogP contribution in [0.5, 0.6) is 17.4 Å². The third-order valence-electron chi connectivity index (χ3n) is 4.14. The molecule has 1 N–H and O–H groups in total. The lowest BCUT2D eigenvalue weighted by Gasteiger charge is -2.12. The molecule has 0 atom stereocenters. The van der Waals surface area contributed by atoms with Crippen molar-refractivity contribution in [2.45, 2.75) is 0 Å². The number of rotatable bonds is 6. The van der Waals surface area contributed by atoms with Gasteiger partial charge in [0.05, 0.1) is 35.3 Å². The molecule has 2 aromatic carbocycles. The summed E-state index contributed by atoms with van der Waals surface area (Å²) in [6.45, 7) is 0. The van der Waals surface area contributed by atoms with Crippen molar-refractivity contribution >= 4 is 23.2 Å². The number of methoxy groups -OCH3 is 1. The molecule has 0 fully saturated rings. The van der Waals surface area contributed by atoms with Gasteiger partial charge in [0.25, 0.3) is 5.91 Å².